The van der Waals surface area contributed by atoms with Crippen LogP contribution in [0.4, 0.5) is 5.82 Å². The van der Waals surface area contributed by atoms with Gasteiger partial charge >= 0.3 is 0 Å². The molecule has 0 aliphatic rings. The van der Waals surface area contributed by atoms with Crippen molar-refractivity contribution in [2.45, 2.75) is 47.1 Å². The number of fused-ring (bicyclic) bond motifs is 3. The van der Waals surface area contributed by atoms with Gasteiger partial charge in [-0.05, 0) is 36.8 Å². The second-order valence-electron chi connectivity index (χ2n) is 7.52. The Kier molecular flexibility index (Phi) is 5.11. The Balaban J connectivity index is 2.04. The molecule has 0 saturated heterocycles. The Bertz CT molecular complexity index is 867. The van der Waals surface area contributed by atoms with Crippen LogP contribution in [0.25, 0.3) is 21.8 Å². The number of benzene rings is 1. The summed E-state index contributed by atoms with van der Waals surface area (Å²) in [5.41, 5.74) is 7.77. The molecule has 0 saturated carbocycles. The van der Waals surface area contributed by atoms with Gasteiger partial charge in [0.15, 0.2) is 5.82 Å². The number of rotatable bonds is 7. The second kappa shape index (κ2) is 7.30. The summed E-state index contributed by atoms with van der Waals surface area (Å²) in [6, 6.07) is 5.95. The highest BCUT2D eigenvalue weighted by atomic mass is 16.5. The van der Waals surface area contributed by atoms with Crippen molar-refractivity contribution in [1.82, 2.24) is 14.8 Å². The molecule has 2 aromatic heterocycles. The third kappa shape index (κ3) is 3.86. The molecule has 0 amide bonds. The quantitative estimate of drug-likeness (QED) is 0.680. The van der Waals surface area contributed by atoms with E-state index in [1.165, 1.54) is 0 Å². The minimum Gasteiger partial charge on any atom is -0.493 e. The maximum Gasteiger partial charge on any atom is 0.152 e. The molecule has 3 aromatic rings. The van der Waals surface area contributed by atoms with Crippen molar-refractivity contribution >= 4 is 27.6 Å². The summed E-state index contributed by atoms with van der Waals surface area (Å²) >= 11 is 0. The molecule has 5 nitrogen and oxygen atoms in total. The minimum atomic E-state index is 0.477. The van der Waals surface area contributed by atoms with Crippen molar-refractivity contribution in [3.63, 3.8) is 0 Å². The van der Waals surface area contributed by atoms with Crippen LogP contribution in [0.1, 0.15) is 40.5 Å². The molecule has 1 aromatic carbocycles. The zero-order chi connectivity index (χ0) is 18.0. The first-order valence-corrected chi connectivity index (χ1v) is 9.14. The second-order valence-corrected chi connectivity index (χ2v) is 7.52. The Morgan fingerprint density at radius 3 is 2.60 bits per heavy atom. The fourth-order valence-electron chi connectivity index (χ4n) is 2.89. The Morgan fingerprint density at radius 1 is 1.12 bits per heavy atom. The Labute approximate surface area is 149 Å². The lowest BCUT2D eigenvalue weighted by Gasteiger charge is -2.11. The number of ether oxygens (including phenoxy) is 1. The van der Waals surface area contributed by atoms with Crippen molar-refractivity contribution < 1.29 is 4.74 Å². The molecular weight excluding hydrogens is 312 g/mol. The summed E-state index contributed by atoms with van der Waals surface area (Å²) in [6.45, 7) is 10.4. The van der Waals surface area contributed by atoms with E-state index in [-0.39, 0.29) is 0 Å². The van der Waals surface area contributed by atoms with E-state index in [9.17, 15) is 0 Å². The number of anilines is 1. The molecule has 0 bridgehead atoms. The highest BCUT2D eigenvalue weighted by Gasteiger charge is 2.14. The van der Waals surface area contributed by atoms with Gasteiger partial charge in [-0.3, -0.25) is 4.68 Å². The molecule has 3 rings (SSSR count). The monoisotopic (exact) mass is 340 g/mol. The normalized spacial score (nSPS) is 11.9. The molecule has 0 atom stereocenters. The van der Waals surface area contributed by atoms with E-state index in [1.54, 1.807) is 0 Å². The summed E-state index contributed by atoms with van der Waals surface area (Å²) in [4.78, 5) is 4.54. The minimum absolute atomic E-state index is 0.477. The van der Waals surface area contributed by atoms with Gasteiger partial charge in [0.2, 0.25) is 0 Å². The molecule has 5 heteroatoms. The van der Waals surface area contributed by atoms with E-state index in [4.69, 9.17) is 10.5 Å². The third-order valence-corrected chi connectivity index (χ3v) is 4.41. The lowest BCUT2D eigenvalue weighted by atomic mass is 10.1. The number of pyridine rings is 1. The van der Waals surface area contributed by atoms with Crippen LogP contribution in [0.15, 0.2) is 24.4 Å². The van der Waals surface area contributed by atoms with Crippen LogP contribution in [0.2, 0.25) is 0 Å². The van der Waals surface area contributed by atoms with Crippen molar-refractivity contribution in [2.24, 2.45) is 11.8 Å². The molecule has 134 valence electrons. The highest BCUT2D eigenvalue weighted by Crippen LogP contribution is 2.34. The molecule has 0 unspecified atom stereocenters. The van der Waals surface area contributed by atoms with Crippen molar-refractivity contribution in [2.75, 3.05) is 12.3 Å². The summed E-state index contributed by atoms with van der Waals surface area (Å²) in [7, 11) is 0. The summed E-state index contributed by atoms with van der Waals surface area (Å²) < 4.78 is 8.05. The van der Waals surface area contributed by atoms with Gasteiger partial charge in [-0.25, -0.2) is 4.98 Å². The van der Waals surface area contributed by atoms with Crippen LogP contribution >= 0.6 is 0 Å². The summed E-state index contributed by atoms with van der Waals surface area (Å²) in [5.74, 6) is 2.58. The fourth-order valence-corrected chi connectivity index (χ4v) is 2.89. The predicted molar refractivity (Wildman–Crippen MR) is 104 cm³/mol. The highest BCUT2D eigenvalue weighted by molar-refractivity contribution is 6.10. The van der Waals surface area contributed by atoms with Gasteiger partial charge in [-0.1, -0.05) is 33.8 Å². The first-order valence-electron chi connectivity index (χ1n) is 9.14. The topological polar surface area (TPSA) is 66.0 Å². The lowest BCUT2D eigenvalue weighted by Crippen LogP contribution is -2.02. The lowest BCUT2D eigenvalue weighted by molar-refractivity contribution is 0.293. The van der Waals surface area contributed by atoms with Crippen LogP contribution in [0.5, 0.6) is 5.75 Å². The number of nitrogens with two attached hydrogens (primary N) is 1. The molecule has 0 aliphatic carbocycles. The van der Waals surface area contributed by atoms with Crippen LogP contribution < -0.4 is 10.5 Å². The number of aryl methyl sites for hydroxylation is 1. The fraction of sp³-hybridized carbons (Fsp3) is 0.500. The third-order valence-electron chi connectivity index (χ3n) is 4.41. The summed E-state index contributed by atoms with van der Waals surface area (Å²) in [5, 5.41) is 6.68. The van der Waals surface area contributed by atoms with Gasteiger partial charge in [0.25, 0.3) is 0 Å². The maximum absolute atomic E-state index is 6.15. The zero-order valence-electron chi connectivity index (χ0n) is 15.6. The smallest absolute Gasteiger partial charge is 0.152 e. The van der Waals surface area contributed by atoms with Gasteiger partial charge < -0.3 is 10.5 Å². The first-order chi connectivity index (χ1) is 12.0. The standard InChI is InChI=1S/C20H28N4O/c1-13(2)8-10-24-12-15-18-16(22-20(21)19(15)23-24)6-5-7-17(18)25-11-9-14(3)4/h5-7,12-14H,8-11H2,1-4H3,(H2,21,22). The SMILES string of the molecule is CC(C)CCOc1cccc2nc(N)c3nn(CCC(C)C)cc3c12. The largest absolute Gasteiger partial charge is 0.493 e. The van der Waals surface area contributed by atoms with Crippen molar-refractivity contribution in [3.05, 3.63) is 24.4 Å². The van der Waals surface area contributed by atoms with Crippen molar-refractivity contribution in [3.8, 4) is 5.75 Å². The van der Waals surface area contributed by atoms with Gasteiger partial charge in [0.05, 0.1) is 17.5 Å². The van der Waals surface area contributed by atoms with Crippen LogP contribution in [-0.4, -0.2) is 21.4 Å². The van der Waals surface area contributed by atoms with Gasteiger partial charge in [-0.2, -0.15) is 5.10 Å². The average molecular weight is 340 g/mol. The zero-order valence-corrected chi connectivity index (χ0v) is 15.6. The van der Waals surface area contributed by atoms with E-state index in [0.29, 0.717) is 24.3 Å². The molecule has 0 fully saturated rings. The average Bonchev–Trinajstić information content (AvgIpc) is 2.97. The molecule has 0 aliphatic heterocycles. The predicted octanol–water partition coefficient (Wildman–Crippen LogP) is 4.64. The van der Waals surface area contributed by atoms with E-state index in [1.807, 2.05) is 22.9 Å². The van der Waals surface area contributed by atoms with Gasteiger partial charge in [0.1, 0.15) is 11.3 Å². The van der Waals surface area contributed by atoms with E-state index in [0.717, 1.165) is 46.9 Å². The molecular formula is C20H28N4O. The summed E-state index contributed by atoms with van der Waals surface area (Å²) in [6.07, 6.45) is 4.18. The molecule has 0 spiro atoms. The molecule has 2 N–H and O–H groups in total. The van der Waals surface area contributed by atoms with Gasteiger partial charge in [0, 0.05) is 18.1 Å². The van der Waals surface area contributed by atoms with E-state index >= 15 is 0 Å². The van der Waals surface area contributed by atoms with E-state index < -0.39 is 0 Å². The Hall–Kier alpha value is -2.30. The molecule has 0 radical (unpaired) electrons. The number of nitrogens with zero attached hydrogens (tertiary/aromatic N) is 3. The number of hydrogen-bond donors (Lipinski definition) is 1. The first kappa shape index (κ1) is 17.5. The molecule has 25 heavy (non-hydrogen) atoms. The van der Waals surface area contributed by atoms with Crippen molar-refractivity contribution in [1.29, 1.82) is 0 Å². The van der Waals surface area contributed by atoms with E-state index in [2.05, 4.69) is 44.0 Å². The van der Waals surface area contributed by atoms with Crippen LogP contribution in [0.3, 0.4) is 0 Å². The number of nitrogen functional groups attached to an aromatic ring is 1. The van der Waals surface area contributed by atoms with Gasteiger partial charge in [-0.15, -0.1) is 0 Å². The number of hydrogen-bond acceptors (Lipinski definition) is 4. The number of aromatic nitrogens is 3. The van der Waals surface area contributed by atoms with Crippen LogP contribution in [0, 0.1) is 11.8 Å². The molecule has 2 heterocycles. The maximum atomic E-state index is 6.15. The van der Waals surface area contributed by atoms with Crippen LogP contribution in [-0.2, 0) is 6.54 Å². The Morgan fingerprint density at radius 2 is 1.88 bits per heavy atom.